The molecule has 1 amide bonds. The zero-order chi connectivity index (χ0) is 24.7. The lowest BCUT2D eigenvalue weighted by atomic mass is 9.85. The number of hydrogen-bond donors (Lipinski definition) is 0. The van der Waals surface area contributed by atoms with Crippen molar-refractivity contribution in [3.8, 4) is 0 Å². The molecule has 0 N–H and O–H groups in total. The summed E-state index contributed by atoms with van der Waals surface area (Å²) < 4.78 is 80.4. The largest absolute Gasteiger partial charge is 0.434 e. The highest BCUT2D eigenvalue weighted by atomic mass is 19.4. The number of alkyl halides is 6. The average molecular weight is 493 g/mol. The summed E-state index contributed by atoms with van der Waals surface area (Å²) in [6, 6.07) is 6.51. The van der Waals surface area contributed by atoms with Gasteiger partial charge in [-0.3, -0.25) is 4.90 Å². The normalized spacial score (nSPS) is 21.3. The molecular weight excluding hydrogens is 464 g/mol. The molecule has 1 aromatic rings. The third-order valence-corrected chi connectivity index (χ3v) is 7.22. The van der Waals surface area contributed by atoms with E-state index in [1.807, 2.05) is 0 Å². The molecule has 3 aliphatic heterocycles. The molecule has 34 heavy (non-hydrogen) atoms. The van der Waals surface area contributed by atoms with Crippen LogP contribution in [0.3, 0.4) is 0 Å². The summed E-state index contributed by atoms with van der Waals surface area (Å²) in [5.74, 6) is 0. The van der Waals surface area contributed by atoms with Gasteiger partial charge >= 0.3 is 18.4 Å². The van der Waals surface area contributed by atoms with Crippen LogP contribution in [0.1, 0.15) is 43.2 Å². The maximum atomic E-state index is 12.7. The molecule has 5 nitrogen and oxygen atoms in total. The van der Waals surface area contributed by atoms with E-state index in [2.05, 4.69) is 39.7 Å². The van der Waals surface area contributed by atoms with E-state index in [1.54, 1.807) is 0 Å². The molecule has 3 fully saturated rings. The molecule has 1 spiro atoms. The molecular formula is C23H29F6N3O2. The second-order valence-electron chi connectivity index (χ2n) is 9.60. The number of carbonyl (C=O) groups is 1. The summed E-state index contributed by atoms with van der Waals surface area (Å²) in [4.78, 5) is 17.8. The first-order valence-corrected chi connectivity index (χ1v) is 11.6. The summed E-state index contributed by atoms with van der Waals surface area (Å²) >= 11 is 0. The molecule has 190 valence electrons. The molecule has 3 saturated heterocycles. The first kappa shape index (κ1) is 24.9. The van der Waals surface area contributed by atoms with Crippen molar-refractivity contribution in [2.45, 2.75) is 69.6 Å². The monoisotopic (exact) mass is 493 g/mol. The van der Waals surface area contributed by atoms with Gasteiger partial charge in [-0.1, -0.05) is 6.07 Å². The van der Waals surface area contributed by atoms with Gasteiger partial charge in [-0.15, -0.1) is 0 Å². The smallest absolute Gasteiger partial charge is 0.426 e. The van der Waals surface area contributed by atoms with Crippen molar-refractivity contribution in [1.29, 1.82) is 0 Å². The fraction of sp³-hybridized carbons (Fsp3) is 0.696. The Morgan fingerprint density at radius 2 is 1.59 bits per heavy atom. The van der Waals surface area contributed by atoms with Gasteiger partial charge < -0.3 is 14.5 Å². The molecule has 0 radical (unpaired) electrons. The SMILES string of the molecule is Cc1cc(CN2CCCC23CCN(C(=O)OC(C(F)(F)F)C(F)(F)F)CC3)cc(N2CCC2)c1. The van der Waals surface area contributed by atoms with Crippen LogP contribution in [0, 0.1) is 6.92 Å². The molecule has 4 rings (SSSR count). The van der Waals surface area contributed by atoms with Gasteiger partial charge in [0.1, 0.15) is 0 Å². The number of rotatable bonds is 4. The molecule has 0 bridgehead atoms. The predicted molar refractivity (Wildman–Crippen MR) is 114 cm³/mol. The van der Waals surface area contributed by atoms with Crippen LogP contribution in [0.15, 0.2) is 18.2 Å². The van der Waals surface area contributed by atoms with Crippen molar-refractivity contribution in [3.63, 3.8) is 0 Å². The van der Waals surface area contributed by atoms with Crippen LogP contribution < -0.4 is 4.90 Å². The predicted octanol–water partition coefficient (Wildman–Crippen LogP) is 5.27. The number of anilines is 1. The second-order valence-corrected chi connectivity index (χ2v) is 9.60. The topological polar surface area (TPSA) is 36.0 Å². The Balaban J connectivity index is 1.39. The minimum absolute atomic E-state index is 0.0601. The minimum Gasteiger partial charge on any atom is -0.426 e. The van der Waals surface area contributed by atoms with Crippen LogP contribution >= 0.6 is 0 Å². The van der Waals surface area contributed by atoms with Crippen molar-refractivity contribution < 1.29 is 35.9 Å². The maximum absolute atomic E-state index is 12.7. The summed E-state index contributed by atoms with van der Waals surface area (Å²) in [6.45, 7) is 5.86. The van der Waals surface area contributed by atoms with Crippen molar-refractivity contribution in [2.75, 3.05) is 37.6 Å². The Labute approximate surface area is 194 Å². The molecule has 0 unspecified atom stereocenters. The molecule has 1 aromatic carbocycles. The van der Waals surface area contributed by atoms with Crippen molar-refractivity contribution in [1.82, 2.24) is 9.80 Å². The number of hydrogen-bond acceptors (Lipinski definition) is 4. The molecule has 3 aliphatic rings. The van der Waals surface area contributed by atoms with Crippen LogP contribution in [0.25, 0.3) is 0 Å². The Morgan fingerprint density at radius 1 is 0.941 bits per heavy atom. The van der Waals surface area contributed by atoms with Gasteiger partial charge in [-0.05, 0) is 68.8 Å². The van der Waals surface area contributed by atoms with Gasteiger partial charge in [0, 0.05) is 44.0 Å². The highest BCUT2D eigenvalue weighted by Gasteiger charge is 2.60. The third-order valence-electron chi connectivity index (χ3n) is 7.22. The van der Waals surface area contributed by atoms with Gasteiger partial charge in [0.2, 0.25) is 0 Å². The van der Waals surface area contributed by atoms with Crippen LogP contribution in [0.4, 0.5) is 36.8 Å². The zero-order valence-electron chi connectivity index (χ0n) is 19.0. The summed E-state index contributed by atoms with van der Waals surface area (Å²) in [5.41, 5.74) is 3.35. The lowest BCUT2D eigenvalue weighted by molar-refractivity contribution is -0.308. The third kappa shape index (κ3) is 5.23. The van der Waals surface area contributed by atoms with E-state index in [-0.39, 0.29) is 18.6 Å². The number of likely N-dealkylation sites (tertiary alicyclic amines) is 2. The Kier molecular flexibility index (Phi) is 6.69. The number of carbonyl (C=O) groups excluding carboxylic acids is 1. The van der Waals surface area contributed by atoms with Gasteiger partial charge in [0.15, 0.2) is 0 Å². The van der Waals surface area contributed by atoms with E-state index >= 15 is 0 Å². The minimum atomic E-state index is -5.71. The average Bonchev–Trinajstić information content (AvgIpc) is 3.04. The van der Waals surface area contributed by atoms with E-state index in [1.165, 1.54) is 23.2 Å². The quantitative estimate of drug-likeness (QED) is 0.536. The number of nitrogens with zero attached hydrogens (tertiary/aromatic N) is 3. The Hall–Kier alpha value is -2.17. The first-order chi connectivity index (χ1) is 15.9. The van der Waals surface area contributed by atoms with Gasteiger partial charge in [-0.25, -0.2) is 4.79 Å². The molecule has 0 saturated carbocycles. The van der Waals surface area contributed by atoms with Crippen LogP contribution in [0.5, 0.6) is 0 Å². The van der Waals surface area contributed by atoms with Crippen molar-refractivity contribution in [2.24, 2.45) is 0 Å². The zero-order valence-corrected chi connectivity index (χ0v) is 19.0. The lowest BCUT2D eigenvalue weighted by Gasteiger charge is -2.45. The Morgan fingerprint density at radius 3 is 2.15 bits per heavy atom. The summed E-state index contributed by atoms with van der Waals surface area (Å²) in [7, 11) is 0. The number of halogens is 6. The molecule has 11 heteroatoms. The fourth-order valence-corrected chi connectivity index (χ4v) is 5.32. The van der Waals surface area contributed by atoms with Gasteiger partial charge in [0.05, 0.1) is 0 Å². The molecule has 0 aromatic heterocycles. The molecule has 3 heterocycles. The fourth-order valence-electron chi connectivity index (χ4n) is 5.32. The lowest BCUT2D eigenvalue weighted by Crippen LogP contribution is -2.54. The second kappa shape index (κ2) is 9.13. The number of amides is 1. The summed E-state index contributed by atoms with van der Waals surface area (Å²) in [6.07, 6.45) is -13.1. The van der Waals surface area contributed by atoms with Crippen molar-refractivity contribution in [3.05, 3.63) is 29.3 Å². The van der Waals surface area contributed by atoms with E-state index < -0.39 is 24.5 Å². The maximum Gasteiger partial charge on any atom is 0.434 e. The molecule has 0 atom stereocenters. The Bertz CT molecular complexity index is 878. The number of benzene rings is 1. The number of ether oxygens (including phenoxy) is 1. The number of piperidine rings is 1. The van der Waals surface area contributed by atoms with Gasteiger partial charge in [0.25, 0.3) is 6.10 Å². The van der Waals surface area contributed by atoms with Crippen LogP contribution in [-0.2, 0) is 11.3 Å². The summed E-state index contributed by atoms with van der Waals surface area (Å²) in [5, 5.41) is 0. The van der Waals surface area contributed by atoms with E-state index in [9.17, 15) is 31.1 Å². The number of aryl methyl sites for hydroxylation is 1. The highest BCUT2D eigenvalue weighted by molar-refractivity contribution is 5.68. The van der Waals surface area contributed by atoms with E-state index in [0.717, 1.165) is 43.9 Å². The van der Waals surface area contributed by atoms with Crippen LogP contribution in [0.2, 0.25) is 0 Å². The molecule has 0 aliphatic carbocycles. The van der Waals surface area contributed by atoms with E-state index in [0.29, 0.717) is 12.8 Å². The van der Waals surface area contributed by atoms with Crippen molar-refractivity contribution >= 4 is 11.8 Å². The van der Waals surface area contributed by atoms with E-state index in [4.69, 9.17) is 0 Å². The standard InChI is InChI=1S/C23H29F6N3O2/c1-16-12-17(14-18(13-16)30-7-3-8-30)15-32-9-2-4-21(32)5-10-31(11-6-21)20(33)34-19(22(24,25)26)23(27,28)29/h12-14,19H,2-11,15H2,1H3. The first-order valence-electron chi connectivity index (χ1n) is 11.6. The van der Waals surface area contributed by atoms with Gasteiger partial charge in [-0.2, -0.15) is 26.3 Å². The highest BCUT2D eigenvalue weighted by Crippen LogP contribution is 2.41. The van der Waals surface area contributed by atoms with Crippen LogP contribution in [-0.4, -0.2) is 72.6 Å².